The first kappa shape index (κ1) is 15.5. The number of carbonyl (C=O) groups is 1. The second kappa shape index (κ2) is 6.06. The fourth-order valence-corrected chi connectivity index (χ4v) is 3.15. The highest BCUT2D eigenvalue weighted by Crippen LogP contribution is 2.23. The van der Waals surface area contributed by atoms with E-state index in [2.05, 4.69) is 0 Å². The Morgan fingerprint density at radius 1 is 1.37 bits per heavy atom. The second-order valence-electron chi connectivity index (χ2n) is 4.67. The Kier molecular flexibility index (Phi) is 4.94. The highest BCUT2D eigenvalue weighted by molar-refractivity contribution is 7.91. The van der Waals surface area contributed by atoms with Crippen molar-refractivity contribution in [3.63, 3.8) is 0 Å². The van der Waals surface area contributed by atoms with E-state index in [1.54, 1.807) is 0 Å². The molecule has 0 heterocycles. The Bertz CT molecular complexity index is 560. The van der Waals surface area contributed by atoms with E-state index in [0.717, 1.165) is 6.07 Å². The summed E-state index contributed by atoms with van der Waals surface area (Å²) in [5.41, 5.74) is -0.145. The van der Waals surface area contributed by atoms with Gasteiger partial charge in [-0.3, -0.25) is 0 Å². The van der Waals surface area contributed by atoms with E-state index in [-0.39, 0.29) is 27.9 Å². The van der Waals surface area contributed by atoms with E-state index >= 15 is 0 Å². The van der Waals surface area contributed by atoms with Crippen molar-refractivity contribution in [1.29, 1.82) is 0 Å². The number of sulfone groups is 1. The van der Waals surface area contributed by atoms with Gasteiger partial charge < -0.3 is 9.84 Å². The molecule has 19 heavy (non-hydrogen) atoms. The van der Waals surface area contributed by atoms with E-state index < -0.39 is 15.8 Å². The van der Waals surface area contributed by atoms with Crippen LogP contribution in [-0.2, 0) is 9.84 Å². The third-order valence-electron chi connectivity index (χ3n) is 2.72. The fourth-order valence-electron chi connectivity index (χ4n) is 1.56. The van der Waals surface area contributed by atoms with Gasteiger partial charge in [-0.2, -0.15) is 0 Å². The highest BCUT2D eigenvalue weighted by atomic mass is 32.2. The Hall–Kier alpha value is -1.56. The van der Waals surface area contributed by atoms with Crippen LogP contribution in [0.2, 0.25) is 0 Å². The van der Waals surface area contributed by atoms with Crippen LogP contribution in [-0.4, -0.2) is 32.4 Å². The number of aromatic carboxylic acids is 1. The topological polar surface area (TPSA) is 80.7 Å². The summed E-state index contributed by atoms with van der Waals surface area (Å²) in [5, 5.41) is 9.03. The van der Waals surface area contributed by atoms with Crippen molar-refractivity contribution in [3.8, 4) is 5.75 Å². The molecule has 0 aliphatic carbocycles. The van der Waals surface area contributed by atoms with Crippen LogP contribution in [0.3, 0.4) is 0 Å². The first-order chi connectivity index (χ1) is 8.77. The zero-order chi connectivity index (χ0) is 14.6. The van der Waals surface area contributed by atoms with Crippen LogP contribution in [0.15, 0.2) is 23.1 Å². The Balaban J connectivity index is 3.14. The number of carboxylic acids is 1. The molecule has 5 nitrogen and oxygen atoms in total. The molecule has 0 aromatic heterocycles. The van der Waals surface area contributed by atoms with Gasteiger partial charge >= 0.3 is 5.97 Å². The number of methoxy groups -OCH3 is 1. The van der Waals surface area contributed by atoms with Crippen LogP contribution < -0.4 is 4.74 Å². The van der Waals surface area contributed by atoms with E-state index in [0.29, 0.717) is 6.42 Å². The molecule has 0 saturated heterocycles. The summed E-state index contributed by atoms with van der Waals surface area (Å²) in [6.07, 6.45) is 0.538. The molecule has 0 spiro atoms. The number of rotatable bonds is 6. The van der Waals surface area contributed by atoms with Crippen LogP contribution in [0, 0.1) is 5.92 Å². The van der Waals surface area contributed by atoms with E-state index in [1.807, 2.05) is 13.8 Å². The van der Waals surface area contributed by atoms with Crippen molar-refractivity contribution in [3.05, 3.63) is 23.8 Å². The molecular weight excluding hydrogens is 268 g/mol. The highest BCUT2D eigenvalue weighted by Gasteiger charge is 2.19. The molecule has 0 saturated carbocycles. The monoisotopic (exact) mass is 286 g/mol. The molecule has 0 amide bonds. The minimum atomic E-state index is -3.46. The van der Waals surface area contributed by atoms with Crippen LogP contribution in [0.5, 0.6) is 5.75 Å². The number of hydrogen-bond acceptors (Lipinski definition) is 4. The lowest BCUT2D eigenvalue weighted by Gasteiger charge is -2.09. The van der Waals surface area contributed by atoms with Crippen LogP contribution >= 0.6 is 0 Å². The molecule has 1 aromatic rings. The fraction of sp³-hybridized carbons (Fsp3) is 0.462. The molecule has 106 valence electrons. The Labute approximate surface area is 113 Å². The van der Waals surface area contributed by atoms with Gasteiger partial charge in [0.15, 0.2) is 9.84 Å². The van der Waals surface area contributed by atoms with Gasteiger partial charge in [0.05, 0.1) is 17.8 Å². The lowest BCUT2D eigenvalue weighted by molar-refractivity contribution is 0.0693. The zero-order valence-electron chi connectivity index (χ0n) is 11.2. The minimum absolute atomic E-state index is 0.00997. The number of carboxylic acid groups (broad SMARTS) is 1. The molecule has 0 unspecified atom stereocenters. The summed E-state index contributed by atoms with van der Waals surface area (Å²) in [7, 11) is -2.11. The summed E-state index contributed by atoms with van der Waals surface area (Å²) in [6.45, 7) is 3.87. The molecular formula is C13H18O5S. The summed E-state index contributed by atoms with van der Waals surface area (Å²) in [5.74, 6) is -0.782. The largest absolute Gasteiger partial charge is 0.496 e. The molecule has 1 aromatic carbocycles. The second-order valence-corrected chi connectivity index (χ2v) is 6.78. The third kappa shape index (κ3) is 3.96. The quantitative estimate of drug-likeness (QED) is 0.867. The molecule has 1 N–H and O–H groups in total. The standard InChI is InChI=1S/C13H18O5S/c1-9(2)6-7-19(16,17)10-4-5-12(18-3)11(8-10)13(14)15/h4-5,8-9H,6-7H2,1-3H3,(H,14,15). The van der Waals surface area contributed by atoms with Gasteiger partial charge in [-0.25, -0.2) is 13.2 Å². The predicted molar refractivity (Wildman–Crippen MR) is 71.5 cm³/mol. The van der Waals surface area contributed by atoms with E-state index in [1.165, 1.54) is 19.2 Å². The summed E-state index contributed by atoms with van der Waals surface area (Å²) in [4.78, 5) is 11.1. The average Bonchev–Trinajstić information content (AvgIpc) is 2.35. The lowest BCUT2D eigenvalue weighted by atomic mass is 10.2. The van der Waals surface area contributed by atoms with Gasteiger partial charge in [-0.1, -0.05) is 13.8 Å². The normalized spacial score (nSPS) is 11.6. The zero-order valence-corrected chi connectivity index (χ0v) is 12.0. The van der Waals surface area contributed by atoms with Gasteiger partial charge in [-0.05, 0) is 30.5 Å². The number of ether oxygens (including phenoxy) is 1. The van der Waals surface area contributed by atoms with Gasteiger partial charge in [0.25, 0.3) is 0 Å². The van der Waals surface area contributed by atoms with Crippen molar-refractivity contribution in [2.75, 3.05) is 12.9 Å². The van der Waals surface area contributed by atoms with Crippen molar-refractivity contribution in [2.45, 2.75) is 25.2 Å². The minimum Gasteiger partial charge on any atom is -0.496 e. The van der Waals surface area contributed by atoms with Crippen molar-refractivity contribution < 1.29 is 23.1 Å². The number of hydrogen-bond donors (Lipinski definition) is 1. The molecule has 6 heteroatoms. The molecule has 0 atom stereocenters. The number of benzene rings is 1. The van der Waals surface area contributed by atoms with Gasteiger partial charge in [0.1, 0.15) is 11.3 Å². The van der Waals surface area contributed by atoms with Crippen molar-refractivity contribution >= 4 is 15.8 Å². The predicted octanol–water partition coefficient (Wildman–Crippen LogP) is 2.21. The molecule has 0 aliphatic heterocycles. The molecule has 1 rings (SSSR count). The first-order valence-corrected chi connectivity index (χ1v) is 7.57. The van der Waals surface area contributed by atoms with Gasteiger partial charge in [0.2, 0.25) is 0 Å². The smallest absolute Gasteiger partial charge is 0.339 e. The first-order valence-electron chi connectivity index (χ1n) is 5.92. The maximum absolute atomic E-state index is 12.1. The lowest BCUT2D eigenvalue weighted by Crippen LogP contribution is -2.11. The molecule has 0 aliphatic rings. The summed E-state index contributed by atoms with van der Waals surface area (Å²) >= 11 is 0. The van der Waals surface area contributed by atoms with Crippen LogP contribution in [0.25, 0.3) is 0 Å². The maximum atomic E-state index is 12.1. The third-order valence-corrected chi connectivity index (χ3v) is 4.47. The van der Waals surface area contributed by atoms with E-state index in [4.69, 9.17) is 9.84 Å². The summed E-state index contributed by atoms with van der Waals surface area (Å²) < 4.78 is 29.1. The molecule has 0 radical (unpaired) electrons. The molecule has 0 fully saturated rings. The molecule has 0 bridgehead atoms. The van der Waals surface area contributed by atoms with Crippen molar-refractivity contribution in [2.24, 2.45) is 5.92 Å². The average molecular weight is 286 g/mol. The Morgan fingerprint density at radius 3 is 2.47 bits per heavy atom. The Morgan fingerprint density at radius 2 is 2.00 bits per heavy atom. The SMILES string of the molecule is COc1ccc(S(=O)(=O)CCC(C)C)cc1C(=O)O. The van der Waals surface area contributed by atoms with E-state index in [9.17, 15) is 13.2 Å². The summed E-state index contributed by atoms with van der Waals surface area (Å²) in [6, 6.07) is 3.89. The van der Waals surface area contributed by atoms with Gasteiger partial charge in [-0.15, -0.1) is 0 Å². The van der Waals surface area contributed by atoms with Gasteiger partial charge in [0, 0.05) is 0 Å². The van der Waals surface area contributed by atoms with Crippen LogP contribution in [0.1, 0.15) is 30.6 Å². The van der Waals surface area contributed by atoms with Crippen LogP contribution in [0.4, 0.5) is 0 Å². The maximum Gasteiger partial charge on any atom is 0.339 e. The van der Waals surface area contributed by atoms with Crippen molar-refractivity contribution in [1.82, 2.24) is 0 Å².